The van der Waals surface area contributed by atoms with Gasteiger partial charge in [0.05, 0.1) is 12.2 Å². The number of hydrogen-bond donors (Lipinski definition) is 2. The van der Waals surface area contributed by atoms with Gasteiger partial charge in [0, 0.05) is 12.0 Å². The van der Waals surface area contributed by atoms with E-state index in [-0.39, 0.29) is 17.9 Å². The number of aliphatic hydroxyl groups excluding tert-OH is 1. The normalized spacial score (nSPS) is 12.7. The summed E-state index contributed by atoms with van der Waals surface area (Å²) in [6, 6.07) is 10.6. The van der Waals surface area contributed by atoms with Gasteiger partial charge in [-0.15, -0.1) is 0 Å². The molecule has 0 aliphatic rings. The lowest BCUT2D eigenvalue weighted by atomic mass is 10.0. The quantitative estimate of drug-likeness (QED) is 0.825. The first-order chi connectivity index (χ1) is 11.7. The van der Waals surface area contributed by atoms with Crippen molar-refractivity contribution in [2.24, 2.45) is 0 Å². The topological polar surface area (TPSA) is 66.8 Å². The van der Waals surface area contributed by atoms with Gasteiger partial charge in [-0.05, 0) is 36.2 Å². The number of halogens is 3. The number of ether oxygens (including phenoxy) is 1. The predicted molar refractivity (Wildman–Crippen MR) is 84.8 cm³/mol. The van der Waals surface area contributed by atoms with Crippen molar-refractivity contribution in [2.45, 2.75) is 25.6 Å². The number of benzene rings is 2. The van der Waals surface area contributed by atoms with Crippen LogP contribution in [-0.4, -0.2) is 29.0 Å². The van der Waals surface area contributed by atoms with Gasteiger partial charge in [0.15, 0.2) is 6.10 Å². The van der Waals surface area contributed by atoms with Gasteiger partial charge in [-0.3, -0.25) is 0 Å². The van der Waals surface area contributed by atoms with Gasteiger partial charge in [-0.1, -0.05) is 24.3 Å². The molecule has 2 rings (SSSR count). The van der Waals surface area contributed by atoms with Crippen LogP contribution in [-0.2, 0) is 6.42 Å². The van der Waals surface area contributed by atoms with Crippen molar-refractivity contribution in [3.63, 3.8) is 0 Å². The van der Waals surface area contributed by atoms with Crippen LogP contribution in [0.2, 0.25) is 0 Å². The van der Waals surface area contributed by atoms with E-state index in [2.05, 4.69) is 0 Å². The van der Waals surface area contributed by atoms with Crippen molar-refractivity contribution in [2.75, 3.05) is 6.61 Å². The highest BCUT2D eigenvalue weighted by atomic mass is 19.4. The van der Waals surface area contributed by atoms with E-state index in [0.29, 0.717) is 6.42 Å². The second-order valence-electron chi connectivity index (χ2n) is 5.53. The van der Waals surface area contributed by atoms with Gasteiger partial charge < -0.3 is 14.9 Å². The molecule has 1 atom stereocenters. The van der Waals surface area contributed by atoms with Crippen molar-refractivity contribution >= 4 is 5.97 Å². The summed E-state index contributed by atoms with van der Waals surface area (Å²) in [5, 5.41) is 18.4. The molecule has 0 bridgehead atoms. The van der Waals surface area contributed by atoms with Crippen molar-refractivity contribution < 1.29 is 32.9 Å². The Morgan fingerprint density at radius 3 is 2.48 bits per heavy atom. The molecule has 7 heteroatoms. The van der Waals surface area contributed by atoms with Crippen LogP contribution in [0.4, 0.5) is 13.2 Å². The van der Waals surface area contributed by atoms with Crippen LogP contribution >= 0.6 is 0 Å². The largest absolute Gasteiger partial charge is 0.493 e. The summed E-state index contributed by atoms with van der Waals surface area (Å²) >= 11 is 0. The number of alkyl halides is 3. The molecule has 4 nitrogen and oxygen atoms in total. The number of carbonyl (C=O) groups is 1. The monoisotopic (exact) mass is 354 g/mol. The number of hydrogen-bond acceptors (Lipinski definition) is 3. The van der Waals surface area contributed by atoms with Crippen LogP contribution in [0.25, 0.3) is 0 Å². The van der Waals surface area contributed by atoms with Gasteiger partial charge in [0.1, 0.15) is 5.75 Å². The Bertz CT molecular complexity index is 756. The summed E-state index contributed by atoms with van der Waals surface area (Å²) in [6.07, 6.45) is -7.28. The van der Waals surface area contributed by atoms with Gasteiger partial charge in [0.2, 0.25) is 0 Å². The van der Waals surface area contributed by atoms with E-state index in [1.807, 2.05) is 31.2 Å². The first-order valence-corrected chi connectivity index (χ1v) is 7.49. The Hall–Kier alpha value is -2.54. The van der Waals surface area contributed by atoms with E-state index in [9.17, 15) is 23.1 Å². The molecule has 0 aromatic heterocycles. The van der Waals surface area contributed by atoms with E-state index >= 15 is 0 Å². The number of rotatable bonds is 6. The second-order valence-corrected chi connectivity index (χ2v) is 5.53. The van der Waals surface area contributed by atoms with E-state index < -0.39 is 23.8 Å². The SMILES string of the molecule is Cc1ccccc1CCOc1ccc(C(=O)O)cc1C(O)C(F)(F)F. The number of aromatic carboxylic acids is 1. The van der Waals surface area contributed by atoms with E-state index in [0.717, 1.165) is 29.3 Å². The molecule has 0 saturated heterocycles. The number of carboxylic acid groups (broad SMARTS) is 1. The zero-order valence-electron chi connectivity index (χ0n) is 13.4. The highest BCUT2D eigenvalue weighted by molar-refractivity contribution is 5.88. The molecule has 1 unspecified atom stereocenters. The minimum atomic E-state index is -4.93. The molecule has 0 fully saturated rings. The lowest BCUT2D eigenvalue weighted by Crippen LogP contribution is -2.21. The van der Waals surface area contributed by atoms with Crippen molar-refractivity contribution in [1.82, 2.24) is 0 Å². The predicted octanol–water partition coefficient (Wildman–Crippen LogP) is 3.91. The van der Waals surface area contributed by atoms with Crippen LogP contribution in [0, 0.1) is 6.92 Å². The van der Waals surface area contributed by atoms with Crippen molar-refractivity contribution in [3.8, 4) is 5.75 Å². The number of aliphatic hydroxyl groups is 1. The highest BCUT2D eigenvalue weighted by Crippen LogP contribution is 2.37. The molecule has 0 heterocycles. The number of carboxylic acids is 1. The van der Waals surface area contributed by atoms with Gasteiger partial charge in [-0.25, -0.2) is 4.79 Å². The third-order valence-corrected chi connectivity index (χ3v) is 3.75. The van der Waals surface area contributed by atoms with E-state index in [4.69, 9.17) is 9.84 Å². The second kappa shape index (κ2) is 7.57. The van der Waals surface area contributed by atoms with Gasteiger partial charge in [-0.2, -0.15) is 13.2 Å². The Labute approximate surface area is 142 Å². The van der Waals surface area contributed by atoms with Crippen molar-refractivity contribution in [1.29, 1.82) is 0 Å². The molecular weight excluding hydrogens is 337 g/mol. The molecule has 25 heavy (non-hydrogen) atoms. The third kappa shape index (κ3) is 4.73. The molecule has 0 aliphatic heterocycles. The summed E-state index contributed by atoms with van der Waals surface area (Å²) in [5.74, 6) is -1.58. The summed E-state index contributed by atoms with van der Waals surface area (Å²) < 4.78 is 43.9. The molecule has 0 aliphatic carbocycles. The van der Waals surface area contributed by atoms with Crippen LogP contribution in [0.15, 0.2) is 42.5 Å². The average molecular weight is 354 g/mol. The highest BCUT2D eigenvalue weighted by Gasteiger charge is 2.41. The maximum atomic E-state index is 12.8. The molecule has 0 radical (unpaired) electrons. The van der Waals surface area contributed by atoms with E-state index in [1.165, 1.54) is 0 Å². The molecule has 0 amide bonds. The summed E-state index contributed by atoms with van der Waals surface area (Å²) in [4.78, 5) is 11.0. The average Bonchev–Trinajstić information content (AvgIpc) is 2.55. The Morgan fingerprint density at radius 2 is 1.88 bits per heavy atom. The molecule has 134 valence electrons. The fourth-order valence-electron chi connectivity index (χ4n) is 2.36. The van der Waals surface area contributed by atoms with E-state index in [1.54, 1.807) is 0 Å². The minimum Gasteiger partial charge on any atom is -0.493 e. The standard InChI is InChI=1S/C18H17F3O4/c1-11-4-2-3-5-12(11)8-9-25-15-7-6-13(17(23)24)10-14(15)16(22)18(19,20)21/h2-7,10,16,22H,8-9H2,1H3,(H,23,24). The lowest BCUT2D eigenvalue weighted by Gasteiger charge is -2.19. The molecule has 0 saturated carbocycles. The first-order valence-electron chi connectivity index (χ1n) is 7.49. The Morgan fingerprint density at radius 1 is 1.20 bits per heavy atom. The summed E-state index contributed by atoms with van der Waals surface area (Å²) in [6.45, 7) is 2.00. The molecule has 2 aromatic rings. The fraction of sp³-hybridized carbons (Fsp3) is 0.278. The maximum absolute atomic E-state index is 12.8. The smallest absolute Gasteiger partial charge is 0.418 e. The zero-order chi connectivity index (χ0) is 18.6. The number of aryl methyl sites for hydroxylation is 1. The van der Waals surface area contributed by atoms with Crippen LogP contribution < -0.4 is 4.74 Å². The summed E-state index contributed by atoms with van der Waals surface area (Å²) in [5.41, 5.74) is 1.05. The zero-order valence-corrected chi connectivity index (χ0v) is 13.4. The molecule has 0 spiro atoms. The Balaban J connectivity index is 2.21. The van der Waals surface area contributed by atoms with Crippen LogP contribution in [0.1, 0.15) is 33.2 Å². The lowest BCUT2D eigenvalue weighted by molar-refractivity contribution is -0.207. The fourth-order valence-corrected chi connectivity index (χ4v) is 2.36. The van der Waals surface area contributed by atoms with Gasteiger partial charge in [0.25, 0.3) is 0 Å². The van der Waals surface area contributed by atoms with Crippen LogP contribution in [0.3, 0.4) is 0 Å². The molecule has 2 N–H and O–H groups in total. The van der Waals surface area contributed by atoms with Crippen LogP contribution in [0.5, 0.6) is 5.75 Å². The minimum absolute atomic E-state index is 0.0921. The molecular formula is C18H17F3O4. The van der Waals surface area contributed by atoms with Crippen molar-refractivity contribution in [3.05, 3.63) is 64.7 Å². The summed E-state index contributed by atoms with van der Waals surface area (Å²) in [7, 11) is 0. The third-order valence-electron chi connectivity index (χ3n) is 3.75. The first kappa shape index (κ1) is 18.8. The maximum Gasteiger partial charge on any atom is 0.418 e. The molecule has 2 aromatic carbocycles. The van der Waals surface area contributed by atoms with Gasteiger partial charge >= 0.3 is 12.1 Å². The Kier molecular flexibility index (Phi) is 5.69.